The van der Waals surface area contributed by atoms with Gasteiger partial charge in [-0.05, 0) is 24.8 Å². The van der Waals surface area contributed by atoms with E-state index in [-0.39, 0.29) is 5.91 Å². The van der Waals surface area contributed by atoms with E-state index in [0.717, 1.165) is 24.8 Å². The summed E-state index contributed by atoms with van der Waals surface area (Å²) in [5.41, 5.74) is 1.08. The van der Waals surface area contributed by atoms with Crippen molar-refractivity contribution in [3.05, 3.63) is 35.9 Å². The lowest BCUT2D eigenvalue weighted by atomic mass is 10.0. The molecule has 0 aliphatic heterocycles. The van der Waals surface area contributed by atoms with Crippen LogP contribution in [0.15, 0.2) is 30.3 Å². The molecule has 1 rings (SSSR count). The third kappa shape index (κ3) is 6.36. The molecule has 0 heterocycles. The van der Waals surface area contributed by atoms with E-state index in [9.17, 15) is 9.59 Å². The third-order valence-electron chi connectivity index (χ3n) is 3.21. The summed E-state index contributed by atoms with van der Waals surface area (Å²) in [4.78, 5) is 22.8. The molecule has 0 bridgehead atoms. The van der Waals surface area contributed by atoms with Crippen molar-refractivity contribution in [1.29, 1.82) is 0 Å². The maximum absolute atomic E-state index is 11.7. The number of carboxylic acid groups (broad SMARTS) is 1. The molecule has 0 unspecified atom stereocenters. The Kier molecular flexibility index (Phi) is 7.40. The molecule has 2 N–H and O–H groups in total. The maximum Gasteiger partial charge on any atom is 0.326 e. The van der Waals surface area contributed by atoms with E-state index < -0.39 is 12.0 Å². The SMILES string of the molecule is CCCCCC(=O)N[C@@H](CCc1ccccc1)C(=O)O. The Hall–Kier alpha value is -1.84. The first-order chi connectivity index (χ1) is 9.63. The predicted octanol–water partition coefficient (Wildman–Crippen LogP) is 2.77. The van der Waals surface area contributed by atoms with Crippen LogP contribution in [-0.4, -0.2) is 23.0 Å². The maximum atomic E-state index is 11.7. The van der Waals surface area contributed by atoms with E-state index in [4.69, 9.17) is 5.11 Å². The Labute approximate surface area is 120 Å². The van der Waals surface area contributed by atoms with E-state index in [0.29, 0.717) is 19.3 Å². The Balaban J connectivity index is 2.40. The van der Waals surface area contributed by atoms with Crippen LogP contribution in [-0.2, 0) is 16.0 Å². The quantitative estimate of drug-likeness (QED) is 0.682. The van der Waals surface area contributed by atoms with Crippen molar-refractivity contribution in [1.82, 2.24) is 5.32 Å². The highest BCUT2D eigenvalue weighted by molar-refractivity contribution is 5.83. The normalized spacial score (nSPS) is 11.8. The number of rotatable bonds is 9. The summed E-state index contributed by atoms with van der Waals surface area (Å²) in [5, 5.41) is 11.8. The molecule has 0 aliphatic rings. The molecule has 20 heavy (non-hydrogen) atoms. The molecule has 1 aromatic rings. The van der Waals surface area contributed by atoms with E-state index in [1.807, 2.05) is 30.3 Å². The number of unbranched alkanes of at least 4 members (excludes halogenated alkanes) is 2. The number of aryl methyl sites for hydroxylation is 1. The molecule has 1 amide bonds. The molecule has 0 spiro atoms. The van der Waals surface area contributed by atoms with Crippen LogP contribution in [0.2, 0.25) is 0 Å². The summed E-state index contributed by atoms with van der Waals surface area (Å²) in [7, 11) is 0. The monoisotopic (exact) mass is 277 g/mol. The van der Waals surface area contributed by atoms with Crippen molar-refractivity contribution < 1.29 is 14.7 Å². The second-order valence-corrected chi connectivity index (χ2v) is 4.94. The molecule has 0 aromatic heterocycles. The molecule has 0 radical (unpaired) electrons. The van der Waals surface area contributed by atoms with Crippen molar-refractivity contribution in [3.63, 3.8) is 0 Å². The molecule has 0 aliphatic carbocycles. The second-order valence-electron chi connectivity index (χ2n) is 4.94. The number of benzene rings is 1. The van der Waals surface area contributed by atoms with Gasteiger partial charge in [0.05, 0.1) is 0 Å². The van der Waals surface area contributed by atoms with Crippen molar-refractivity contribution in [2.75, 3.05) is 0 Å². The molecule has 0 saturated heterocycles. The largest absolute Gasteiger partial charge is 0.480 e. The minimum absolute atomic E-state index is 0.168. The van der Waals surface area contributed by atoms with Crippen molar-refractivity contribution in [2.45, 2.75) is 51.5 Å². The van der Waals surface area contributed by atoms with Crippen molar-refractivity contribution >= 4 is 11.9 Å². The fourth-order valence-electron chi connectivity index (χ4n) is 2.02. The summed E-state index contributed by atoms with van der Waals surface area (Å²) in [6.07, 6.45) is 4.32. The first-order valence-corrected chi connectivity index (χ1v) is 7.19. The lowest BCUT2D eigenvalue weighted by molar-refractivity contribution is -0.142. The lowest BCUT2D eigenvalue weighted by Gasteiger charge is -2.14. The summed E-state index contributed by atoms with van der Waals surface area (Å²) < 4.78 is 0. The van der Waals surface area contributed by atoms with E-state index >= 15 is 0 Å². The van der Waals surface area contributed by atoms with Gasteiger partial charge >= 0.3 is 5.97 Å². The molecular formula is C16H23NO3. The van der Waals surface area contributed by atoms with E-state index in [1.54, 1.807) is 0 Å². The van der Waals surface area contributed by atoms with Crippen molar-refractivity contribution in [3.8, 4) is 0 Å². The van der Waals surface area contributed by atoms with E-state index in [1.165, 1.54) is 0 Å². The van der Waals surface area contributed by atoms with Gasteiger partial charge in [-0.1, -0.05) is 50.1 Å². The summed E-state index contributed by atoms with van der Waals surface area (Å²) >= 11 is 0. The summed E-state index contributed by atoms with van der Waals surface area (Å²) in [5.74, 6) is -1.14. The topological polar surface area (TPSA) is 66.4 Å². The Morgan fingerprint density at radius 3 is 2.50 bits per heavy atom. The van der Waals surface area contributed by atoms with Crippen LogP contribution < -0.4 is 5.32 Å². The molecule has 0 fully saturated rings. The van der Waals surface area contributed by atoms with Crippen LogP contribution in [0.5, 0.6) is 0 Å². The predicted molar refractivity (Wildman–Crippen MR) is 78.5 cm³/mol. The number of carbonyl (C=O) groups excluding carboxylic acids is 1. The minimum Gasteiger partial charge on any atom is -0.480 e. The van der Waals surface area contributed by atoms with Gasteiger partial charge < -0.3 is 10.4 Å². The number of hydrogen-bond acceptors (Lipinski definition) is 2. The van der Waals surface area contributed by atoms with Gasteiger partial charge in [-0.3, -0.25) is 4.79 Å². The second kappa shape index (κ2) is 9.13. The van der Waals surface area contributed by atoms with Gasteiger partial charge in [0, 0.05) is 6.42 Å². The van der Waals surface area contributed by atoms with Crippen LogP contribution in [0.3, 0.4) is 0 Å². The fraction of sp³-hybridized carbons (Fsp3) is 0.500. The van der Waals surface area contributed by atoms with Gasteiger partial charge in [0.15, 0.2) is 0 Å². The van der Waals surface area contributed by atoms with Gasteiger partial charge in [-0.25, -0.2) is 4.79 Å². The Morgan fingerprint density at radius 1 is 1.20 bits per heavy atom. The number of carboxylic acids is 1. The third-order valence-corrected chi connectivity index (χ3v) is 3.21. The average Bonchev–Trinajstić information content (AvgIpc) is 2.44. The number of hydrogen-bond donors (Lipinski definition) is 2. The Bertz CT molecular complexity index is 417. The fourth-order valence-corrected chi connectivity index (χ4v) is 2.02. The zero-order chi connectivity index (χ0) is 14.8. The highest BCUT2D eigenvalue weighted by Crippen LogP contribution is 2.06. The minimum atomic E-state index is -0.968. The van der Waals surface area contributed by atoms with E-state index in [2.05, 4.69) is 12.2 Å². The molecule has 110 valence electrons. The first kappa shape index (κ1) is 16.2. The molecule has 4 nitrogen and oxygen atoms in total. The number of aliphatic carboxylic acids is 1. The number of nitrogens with one attached hydrogen (secondary N) is 1. The molecule has 0 saturated carbocycles. The summed E-state index contributed by atoms with van der Waals surface area (Å²) in [6, 6.07) is 8.89. The van der Waals surface area contributed by atoms with Crippen LogP contribution in [0.1, 0.15) is 44.6 Å². The zero-order valence-electron chi connectivity index (χ0n) is 12.0. The van der Waals surface area contributed by atoms with Gasteiger partial charge in [0.2, 0.25) is 5.91 Å². The smallest absolute Gasteiger partial charge is 0.326 e. The highest BCUT2D eigenvalue weighted by atomic mass is 16.4. The van der Waals surface area contributed by atoms with Crippen LogP contribution in [0.25, 0.3) is 0 Å². The van der Waals surface area contributed by atoms with Gasteiger partial charge in [-0.2, -0.15) is 0 Å². The molecular weight excluding hydrogens is 254 g/mol. The van der Waals surface area contributed by atoms with Crippen LogP contribution in [0, 0.1) is 0 Å². The first-order valence-electron chi connectivity index (χ1n) is 7.19. The van der Waals surface area contributed by atoms with Crippen LogP contribution in [0.4, 0.5) is 0 Å². The standard InChI is InChI=1S/C16H23NO3/c1-2-3-5-10-15(18)17-14(16(19)20)12-11-13-8-6-4-7-9-13/h4,6-9,14H,2-3,5,10-12H2,1H3,(H,17,18)(H,19,20)/t14-/m0/s1. The van der Waals surface area contributed by atoms with Gasteiger partial charge in [0.1, 0.15) is 6.04 Å². The molecule has 1 atom stereocenters. The zero-order valence-corrected chi connectivity index (χ0v) is 12.0. The lowest BCUT2D eigenvalue weighted by Crippen LogP contribution is -2.41. The number of carbonyl (C=O) groups is 2. The molecule has 4 heteroatoms. The van der Waals surface area contributed by atoms with Gasteiger partial charge in [-0.15, -0.1) is 0 Å². The summed E-state index contributed by atoms with van der Waals surface area (Å²) in [6.45, 7) is 2.07. The van der Waals surface area contributed by atoms with Crippen molar-refractivity contribution in [2.24, 2.45) is 0 Å². The van der Waals surface area contributed by atoms with Gasteiger partial charge in [0.25, 0.3) is 0 Å². The average molecular weight is 277 g/mol. The van der Waals surface area contributed by atoms with Crippen LogP contribution >= 0.6 is 0 Å². The highest BCUT2D eigenvalue weighted by Gasteiger charge is 2.19. The Morgan fingerprint density at radius 2 is 1.90 bits per heavy atom. The number of amides is 1. The molecule has 1 aromatic carbocycles.